The van der Waals surface area contributed by atoms with Crippen molar-refractivity contribution in [2.75, 3.05) is 35.5 Å². The van der Waals surface area contributed by atoms with Crippen LogP contribution in [0.3, 0.4) is 0 Å². The van der Waals surface area contributed by atoms with Crippen LogP contribution in [-0.2, 0) is 0 Å². The molecule has 446 valence electrons. The third kappa shape index (κ3) is 25.1. The zero-order valence-corrected chi connectivity index (χ0v) is 52.8. The molecular formula is C71H80N2O12. The van der Waals surface area contributed by atoms with E-state index >= 15 is 0 Å². The van der Waals surface area contributed by atoms with E-state index in [0.29, 0.717) is 62.1 Å². The van der Waals surface area contributed by atoms with Crippen molar-refractivity contribution in [2.24, 2.45) is 0 Å². The number of carbonyl (C=O) groups is 7. The van der Waals surface area contributed by atoms with Gasteiger partial charge >= 0.3 is 0 Å². The maximum atomic E-state index is 11.2. The number of nitrogens with zero attached hydrogens (tertiary/aromatic N) is 2. The van der Waals surface area contributed by atoms with Gasteiger partial charge in [-0.1, -0.05) is 59.2 Å². The average molecular weight is 1150 g/mol. The highest BCUT2D eigenvalue weighted by Crippen LogP contribution is 2.38. The Morgan fingerprint density at radius 3 is 1.06 bits per heavy atom. The summed E-state index contributed by atoms with van der Waals surface area (Å²) in [6, 6.07) is 39.4. The summed E-state index contributed by atoms with van der Waals surface area (Å²) in [5.41, 5.74) is 15.3. The van der Waals surface area contributed by atoms with Crippen LogP contribution in [0.2, 0.25) is 0 Å². The number of hydrogen-bond acceptors (Lipinski definition) is 14. The Hall–Kier alpha value is -9.79. The van der Waals surface area contributed by atoms with E-state index in [0.717, 1.165) is 38.9 Å². The van der Waals surface area contributed by atoms with Crippen molar-refractivity contribution in [1.29, 1.82) is 10.5 Å². The Kier molecular flexibility index (Phi) is 31.6. The summed E-state index contributed by atoms with van der Waals surface area (Å²) in [6.45, 7) is 26.9. The normalized spacial score (nSPS) is 9.48. The number of ether oxygens (including phenoxy) is 5. The molecule has 0 radical (unpaired) electrons. The molecule has 0 aliphatic rings. The third-order valence-corrected chi connectivity index (χ3v) is 12.6. The second-order valence-electron chi connectivity index (χ2n) is 19.7. The first-order valence-electron chi connectivity index (χ1n) is 26.8. The Bertz CT molecular complexity index is 3460. The fourth-order valence-corrected chi connectivity index (χ4v) is 8.03. The predicted molar refractivity (Wildman–Crippen MR) is 335 cm³/mol. The van der Waals surface area contributed by atoms with Crippen LogP contribution >= 0.6 is 0 Å². The van der Waals surface area contributed by atoms with Gasteiger partial charge < -0.3 is 23.7 Å². The molecule has 0 heterocycles. The molecule has 14 heteroatoms. The lowest BCUT2D eigenvalue weighted by Crippen LogP contribution is -2.00. The number of nitriles is 2. The highest BCUT2D eigenvalue weighted by molar-refractivity contribution is 5.98. The molecule has 0 atom stereocenters. The summed E-state index contributed by atoms with van der Waals surface area (Å²) in [4.78, 5) is 77.1. The van der Waals surface area contributed by atoms with E-state index in [4.69, 9.17) is 34.2 Å². The highest BCUT2D eigenvalue weighted by Gasteiger charge is 2.15. The summed E-state index contributed by atoms with van der Waals surface area (Å²) in [6.07, 6.45) is 0. The van der Waals surface area contributed by atoms with Gasteiger partial charge in [0.1, 0.15) is 11.5 Å². The van der Waals surface area contributed by atoms with E-state index in [9.17, 15) is 33.6 Å². The smallest absolute Gasteiger partial charge is 0.203 e. The van der Waals surface area contributed by atoms with Crippen molar-refractivity contribution < 1.29 is 57.2 Å². The van der Waals surface area contributed by atoms with E-state index in [1.165, 1.54) is 71.3 Å². The minimum atomic E-state index is -0.0470. The standard InChI is InChI=1S/C11H14O4.2C11H14O.C10H12O3.C10H12O.2C9H7NO/c1-7(12)8-5-9(13-2)11(15-4)10(6-8)14-3;1-7-5-11(10(4)12)6-8(2)9(7)3;1-7-5-8(2)11(10(4)12)9(3)6-7;1-7(11)8-4-9(12-2)6-10(5-8)13-3;1-7-4-8(2)6-10(5-7)9(3)11;1-7(11)9-4-2-8(6-10)3-5-9;1-7(11)9-4-2-3-8(5-9)6-10/h5-6H,1-4H3;2*5-6H,1-4H3;4-6H,1-3H3;4-6H,1-3H3;2*2-5H,1H3. The average Bonchev–Trinajstić information content (AvgIpc) is 3.49. The van der Waals surface area contributed by atoms with E-state index in [1.54, 1.807) is 114 Å². The lowest BCUT2D eigenvalue weighted by atomic mass is 9.97. The fraction of sp³-hybridized carbons (Fsp3) is 0.282. The number of ketones is 7. The monoisotopic (exact) mass is 1150 g/mol. The quantitative estimate of drug-likeness (QED) is 0.104. The molecule has 7 aromatic rings. The van der Waals surface area contributed by atoms with Crippen molar-refractivity contribution in [3.63, 3.8) is 0 Å². The molecule has 7 rings (SSSR count). The van der Waals surface area contributed by atoms with Gasteiger partial charge in [0.15, 0.2) is 52.0 Å². The largest absolute Gasteiger partial charge is 0.497 e. The summed E-state index contributed by atoms with van der Waals surface area (Å²) < 4.78 is 25.4. The summed E-state index contributed by atoms with van der Waals surface area (Å²) in [5.74, 6) is 3.12. The molecule has 0 amide bonds. The number of aryl methyl sites for hydroxylation is 7. The number of hydrogen-bond donors (Lipinski definition) is 0. The molecule has 0 aromatic heterocycles. The topological polar surface area (TPSA) is 213 Å². The molecule has 7 aromatic carbocycles. The number of rotatable bonds is 12. The molecule has 0 saturated carbocycles. The molecule has 14 nitrogen and oxygen atoms in total. The van der Waals surface area contributed by atoms with Gasteiger partial charge in [-0.15, -0.1) is 0 Å². The summed E-state index contributed by atoms with van der Waals surface area (Å²) in [7, 11) is 7.66. The number of Topliss-reactive ketones (excluding diaryl/α,β-unsaturated/α-hetero) is 7. The van der Waals surface area contributed by atoms with Crippen molar-refractivity contribution >= 4 is 40.5 Å². The molecule has 0 aliphatic carbocycles. The zero-order valence-electron chi connectivity index (χ0n) is 52.8. The van der Waals surface area contributed by atoms with E-state index < -0.39 is 0 Å². The second-order valence-corrected chi connectivity index (χ2v) is 19.7. The number of benzene rings is 7. The van der Waals surface area contributed by atoms with Gasteiger partial charge in [-0.25, -0.2) is 0 Å². The van der Waals surface area contributed by atoms with E-state index in [1.807, 2.05) is 97.0 Å². The van der Waals surface area contributed by atoms with Crippen LogP contribution in [0, 0.1) is 78.1 Å². The van der Waals surface area contributed by atoms with Crippen molar-refractivity contribution in [3.8, 4) is 40.9 Å². The minimum absolute atomic E-state index is 0.00259. The minimum Gasteiger partial charge on any atom is -0.497 e. The van der Waals surface area contributed by atoms with Gasteiger partial charge in [-0.2, -0.15) is 10.5 Å². The van der Waals surface area contributed by atoms with E-state index in [2.05, 4.69) is 13.0 Å². The highest BCUT2D eigenvalue weighted by atomic mass is 16.5. The van der Waals surface area contributed by atoms with Gasteiger partial charge in [0.05, 0.1) is 58.8 Å². The molecule has 0 spiro atoms. The van der Waals surface area contributed by atoms with Gasteiger partial charge in [-0.3, -0.25) is 33.6 Å². The van der Waals surface area contributed by atoms with Crippen molar-refractivity contribution in [2.45, 2.75) is 104 Å². The van der Waals surface area contributed by atoms with Crippen LogP contribution in [0.4, 0.5) is 0 Å². The Labute approximate surface area is 502 Å². The number of methoxy groups -OCH3 is 5. The van der Waals surface area contributed by atoms with Gasteiger partial charge in [-0.05, 0) is 204 Å². The Morgan fingerprint density at radius 1 is 0.329 bits per heavy atom. The molecular weight excluding hydrogens is 1070 g/mol. The zero-order chi connectivity index (χ0) is 64.8. The lowest BCUT2D eigenvalue weighted by molar-refractivity contribution is 0.100. The fourth-order valence-electron chi connectivity index (χ4n) is 8.03. The molecule has 0 bridgehead atoms. The van der Waals surface area contributed by atoms with Crippen molar-refractivity contribution in [1.82, 2.24) is 0 Å². The summed E-state index contributed by atoms with van der Waals surface area (Å²) in [5, 5.41) is 16.9. The van der Waals surface area contributed by atoms with Gasteiger partial charge in [0.25, 0.3) is 0 Å². The molecule has 0 N–H and O–H groups in total. The lowest BCUT2D eigenvalue weighted by Gasteiger charge is -2.12. The number of carbonyl (C=O) groups excluding carboxylic acids is 7. The Balaban J connectivity index is 0.000000497. The predicted octanol–water partition coefficient (Wildman–Crippen LogP) is 15.5. The van der Waals surface area contributed by atoms with Crippen LogP contribution < -0.4 is 23.7 Å². The van der Waals surface area contributed by atoms with Gasteiger partial charge in [0, 0.05) is 45.0 Å². The van der Waals surface area contributed by atoms with Crippen LogP contribution in [0.25, 0.3) is 0 Å². The van der Waals surface area contributed by atoms with Crippen LogP contribution in [0.5, 0.6) is 28.7 Å². The van der Waals surface area contributed by atoms with Gasteiger partial charge in [0.2, 0.25) is 5.75 Å². The maximum Gasteiger partial charge on any atom is 0.203 e. The second kappa shape index (κ2) is 36.6. The SMILES string of the molecule is CC(=O)c1c(C)cc(C)cc1C.CC(=O)c1cc(C)c(C)c(C)c1.CC(=O)c1cc(C)cc(C)c1.CC(=O)c1ccc(C#N)cc1.CC(=O)c1cccc(C#N)c1.COc1cc(C(C)=O)cc(OC)c1OC.COc1cc(OC)cc(C(C)=O)c1. The maximum absolute atomic E-state index is 11.2. The Morgan fingerprint density at radius 2 is 0.706 bits per heavy atom. The molecule has 0 fully saturated rings. The molecule has 0 unspecified atom stereocenters. The van der Waals surface area contributed by atoms with E-state index in [-0.39, 0.29) is 40.5 Å². The first-order valence-corrected chi connectivity index (χ1v) is 26.8. The molecule has 85 heavy (non-hydrogen) atoms. The van der Waals surface area contributed by atoms with Crippen LogP contribution in [0.15, 0.2) is 121 Å². The van der Waals surface area contributed by atoms with Crippen molar-refractivity contribution in [3.05, 3.63) is 216 Å². The third-order valence-electron chi connectivity index (χ3n) is 12.6. The first-order chi connectivity index (χ1) is 39.9. The molecule has 0 saturated heterocycles. The first kappa shape index (κ1) is 73.2. The molecule has 0 aliphatic heterocycles. The summed E-state index contributed by atoms with van der Waals surface area (Å²) >= 11 is 0. The van der Waals surface area contributed by atoms with Crippen LogP contribution in [0.1, 0.15) is 177 Å². The van der Waals surface area contributed by atoms with Crippen LogP contribution in [-0.4, -0.2) is 76.0 Å².